The molecule has 0 bridgehead atoms. The van der Waals surface area contributed by atoms with Crippen LogP contribution < -0.4 is 10.6 Å². The number of benzene rings is 1. The van der Waals surface area contributed by atoms with Crippen LogP contribution in [0.25, 0.3) is 0 Å². The highest BCUT2D eigenvalue weighted by Crippen LogP contribution is 2.21. The highest BCUT2D eigenvalue weighted by atomic mass is 35.5. The zero-order chi connectivity index (χ0) is 18.2. The Balaban J connectivity index is 1.80. The minimum Gasteiger partial charge on any atom is -0.368 e. The normalized spacial score (nSPS) is 10.8. The largest absolute Gasteiger partial charge is 0.368 e. The van der Waals surface area contributed by atoms with Crippen molar-refractivity contribution in [1.82, 2.24) is 20.2 Å². The maximum atomic E-state index is 12.1. The molecule has 0 aliphatic carbocycles. The Kier molecular flexibility index (Phi) is 7.43. The molecule has 25 heavy (non-hydrogen) atoms. The van der Waals surface area contributed by atoms with Crippen molar-refractivity contribution in [1.29, 1.82) is 0 Å². The van der Waals surface area contributed by atoms with Crippen molar-refractivity contribution in [2.75, 3.05) is 39.0 Å². The first-order valence-corrected chi connectivity index (χ1v) is 8.64. The standard InChI is InChI=1S/C17H21Cl2N5O/c1-24(2)8-7-20-16-11-22-15(10-23-16)17(25)21-6-5-12-3-4-13(18)9-14(12)19/h3-4,9-11H,5-8H2,1-2H3,(H,20,23)(H,21,25). The molecule has 0 spiro atoms. The number of anilines is 1. The average Bonchev–Trinajstić information content (AvgIpc) is 2.57. The summed E-state index contributed by atoms with van der Waals surface area (Å²) in [6.45, 7) is 2.09. The Bertz CT molecular complexity index is 707. The second kappa shape index (κ2) is 9.56. The fourth-order valence-electron chi connectivity index (χ4n) is 2.07. The lowest BCUT2D eigenvalue weighted by Crippen LogP contribution is -2.27. The van der Waals surface area contributed by atoms with Gasteiger partial charge in [-0.3, -0.25) is 4.79 Å². The van der Waals surface area contributed by atoms with Crippen molar-refractivity contribution in [3.05, 3.63) is 51.9 Å². The molecule has 1 heterocycles. The SMILES string of the molecule is CN(C)CCNc1cnc(C(=O)NCCc2ccc(Cl)cc2Cl)cn1. The van der Waals surface area contributed by atoms with E-state index in [0.29, 0.717) is 28.8 Å². The number of nitrogens with zero attached hydrogens (tertiary/aromatic N) is 3. The van der Waals surface area contributed by atoms with E-state index in [4.69, 9.17) is 23.2 Å². The molecule has 8 heteroatoms. The Labute approximate surface area is 157 Å². The summed E-state index contributed by atoms with van der Waals surface area (Å²) < 4.78 is 0. The zero-order valence-electron chi connectivity index (χ0n) is 14.2. The molecule has 0 saturated carbocycles. The van der Waals surface area contributed by atoms with Crippen LogP contribution in [0.5, 0.6) is 0 Å². The first-order valence-electron chi connectivity index (χ1n) is 7.88. The Morgan fingerprint density at radius 1 is 1.16 bits per heavy atom. The molecule has 2 rings (SSSR count). The molecule has 0 atom stereocenters. The summed E-state index contributed by atoms with van der Waals surface area (Å²) in [5, 5.41) is 7.13. The molecule has 0 fully saturated rings. The van der Waals surface area contributed by atoms with Crippen molar-refractivity contribution in [3.63, 3.8) is 0 Å². The molecule has 1 aromatic carbocycles. The van der Waals surface area contributed by atoms with Crippen LogP contribution in [0.1, 0.15) is 16.1 Å². The van der Waals surface area contributed by atoms with Gasteiger partial charge in [-0.25, -0.2) is 9.97 Å². The van der Waals surface area contributed by atoms with Gasteiger partial charge in [0.15, 0.2) is 0 Å². The van der Waals surface area contributed by atoms with Crippen molar-refractivity contribution < 1.29 is 4.79 Å². The molecule has 0 aliphatic heterocycles. The second-order valence-electron chi connectivity index (χ2n) is 5.76. The van der Waals surface area contributed by atoms with E-state index < -0.39 is 0 Å². The van der Waals surface area contributed by atoms with Crippen LogP contribution in [0.15, 0.2) is 30.6 Å². The van der Waals surface area contributed by atoms with Gasteiger partial charge in [0.2, 0.25) is 0 Å². The van der Waals surface area contributed by atoms with E-state index in [1.54, 1.807) is 18.3 Å². The van der Waals surface area contributed by atoms with Gasteiger partial charge in [-0.05, 0) is 38.2 Å². The molecular weight excluding hydrogens is 361 g/mol. The van der Waals surface area contributed by atoms with E-state index >= 15 is 0 Å². The van der Waals surface area contributed by atoms with Crippen LogP contribution in [0.4, 0.5) is 5.82 Å². The Hall–Kier alpha value is -1.89. The molecule has 1 aromatic heterocycles. The van der Waals surface area contributed by atoms with Crippen LogP contribution in [0.3, 0.4) is 0 Å². The van der Waals surface area contributed by atoms with Crippen molar-refractivity contribution in [2.24, 2.45) is 0 Å². The topological polar surface area (TPSA) is 70.2 Å². The fourth-order valence-corrected chi connectivity index (χ4v) is 2.57. The summed E-state index contributed by atoms with van der Waals surface area (Å²) in [4.78, 5) is 22.5. The molecule has 0 aliphatic rings. The number of aromatic nitrogens is 2. The maximum Gasteiger partial charge on any atom is 0.271 e. The molecule has 2 aromatic rings. The van der Waals surface area contributed by atoms with E-state index in [9.17, 15) is 4.79 Å². The van der Waals surface area contributed by atoms with Gasteiger partial charge in [-0.15, -0.1) is 0 Å². The van der Waals surface area contributed by atoms with Gasteiger partial charge >= 0.3 is 0 Å². The quantitative estimate of drug-likeness (QED) is 0.735. The third-order valence-corrected chi connectivity index (χ3v) is 4.03. The summed E-state index contributed by atoms with van der Waals surface area (Å²) in [6.07, 6.45) is 3.63. The van der Waals surface area contributed by atoms with Crippen molar-refractivity contribution >= 4 is 34.9 Å². The fraction of sp³-hybridized carbons (Fsp3) is 0.353. The van der Waals surface area contributed by atoms with Crippen LogP contribution in [-0.2, 0) is 6.42 Å². The minimum atomic E-state index is -0.266. The number of rotatable bonds is 8. The molecular formula is C17H21Cl2N5O. The highest BCUT2D eigenvalue weighted by molar-refractivity contribution is 6.35. The number of likely N-dealkylation sites (N-methyl/N-ethyl adjacent to an activating group) is 1. The highest BCUT2D eigenvalue weighted by Gasteiger charge is 2.08. The summed E-state index contributed by atoms with van der Waals surface area (Å²) in [5.74, 6) is 0.378. The van der Waals surface area contributed by atoms with E-state index in [2.05, 4.69) is 25.5 Å². The second-order valence-corrected chi connectivity index (χ2v) is 6.60. The molecule has 0 saturated heterocycles. The molecule has 1 amide bonds. The predicted molar refractivity (Wildman–Crippen MR) is 102 cm³/mol. The van der Waals surface area contributed by atoms with E-state index in [1.165, 1.54) is 6.20 Å². The van der Waals surface area contributed by atoms with E-state index in [1.807, 2.05) is 20.2 Å². The number of carbonyl (C=O) groups excluding carboxylic acids is 1. The van der Waals surface area contributed by atoms with Crippen molar-refractivity contribution in [2.45, 2.75) is 6.42 Å². The third-order valence-electron chi connectivity index (χ3n) is 3.44. The van der Waals surface area contributed by atoms with Gasteiger partial charge in [0.25, 0.3) is 5.91 Å². The van der Waals surface area contributed by atoms with Gasteiger partial charge in [0.1, 0.15) is 11.5 Å². The van der Waals surface area contributed by atoms with Crippen LogP contribution in [0, 0.1) is 0 Å². The lowest BCUT2D eigenvalue weighted by molar-refractivity contribution is 0.0949. The number of halogens is 2. The number of hydrogen-bond acceptors (Lipinski definition) is 5. The monoisotopic (exact) mass is 381 g/mol. The Morgan fingerprint density at radius 3 is 2.60 bits per heavy atom. The van der Waals surface area contributed by atoms with Gasteiger partial charge in [0.05, 0.1) is 12.4 Å². The lowest BCUT2D eigenvalue weighted by Gasteiger charge is -2.10. The van der Waals surface area contributed by atoms with Gasteiger partial charge in [-0.2, -0.15) is 0 Å². The lowest BCUT2D eigenvalue weighted by atomic mass is 10.1. The average molecular weight is 382 g/mol. The summed E-state index contributed by atoms with van der Waals surface area (Å²) in [7, 11) is 4.00. The first kappa shape index (κ1) is 19.4. The predicted octanol–water partition coefficient (Wildman–Crippen LogP) is 2.73. The smallest absolute Gasteiger partial charge is 0.271 e. The summed E-state index contributed by atoms with van der Waals surface area (Å²) in [5.41, 5.74) is 1.21. The number of nitrogens with one attached hydrogen (secondary N) is 2. The molecule has 134 valence electrons. The van der Waals surface area contributed by atoms with Crippen LogP contribution in [-0.4, -0.2) is 54.5 Å². The molecule has 0 radical (unpaired) electrons. The summed E-state index contributed by atoms with van der Waals surface area (Å²) in [6, 6.07) is 5.32. The maximum absolute atomic E-state index is 12.1. The molecule has 2 N–H and O–H groups in total. The number of hydrogen-bond donors (Lipinski definition) is 2. The van der Waals surface area contributed by atoms with Crippen LogP contribution in [0.2, 0.25) is 10.0 Å². The van der Waals surface area contributed by atoms with Gasteiger partial charge < -0.3 is 15.5 Å². The molecule has 0 unspecified atom stereocenters. The van der Waals surface area contributed by atoms with Crippen molar-refractivity contribution in [3.8, 4) is 0 Å². The first-order chi connectivity index (χ1) is 12.0. The van der Waals surface area contributed by atoms with Gasteiger partial charge in [0, 0.05) is 29.7 Å². The number of amides is 1. The number of carbonyl (C=O) groups is 1. The van der Waals surface area contributed by atoms with E-state index in [-0.39, 0.29) is 11.6 Å². The third kappa shape index (κ3) is 6.49. The minimum absolute atomic E-state index is 0.266. The van der Waals surface area contributed by atoms with Gasteiger partial charge in [-0.1, -0.05) is 29.3 Å². The Morgan fingerprint density at radius 2 is 1.96 bits per heavy atom. The summed E-state index contributed by atoms with van der Waals surface area (Å²) >= 11 is 12.0. The van der Waals surface area contributed by atoms with E-state index in [0.717, 1.165) is 18.7 Å². The zero-order valence-corrected chi connectivity index (χ0v) is 15.7. The van der Waals surface area contributed by atoms with Crippen LogP contribution >= 0.6 is 23.2 Å². The molecule has 6 nitrogen and oxygen atoms in total.